The molecule has 1 atom stereocenters. The Kier molecular flexibility index (Phi) is 5.06. The fourth-order valence-electron chi connectivity index (χ4n) is 2.77. The van der Waals surface area contributed by atoms with E-state index in [4.69, 9.17) is 5.73 Å². The van der Waals surface area contributed by atoms with E-state index in [0.717, 1.165) is 50.3 Å². The first-order chi connectivity index (χ1) is 9.61. The SMILES string of the molecule is CCC[C@H](N)C(=O)N1CCC(c2ccnc(C)n2)CC1. The second-order valence-corrected chi connectivity index (χ2v) is 5.52. The van der Waals surface area contributed by atoms with Crippen molar-refractivity contribution in [1.82, 2.24) is 14.9 Å². The smallest absolute Gasteiger partial charge is 0.239 e. The van der Waals surface area contributed by atoms with Crippen LogP contribution >= 0.6 is 0 Å². The van der Waals surface area contributed by atoms with Crippen LogP contribution < -0.4 is 5.73 Å². The topological polar surface area (TPSA) is 72.1 Å². The molecule has 5 nitrogen and oxygen atoms in total. The standard InChI is InChI=1S/C15H24N4O/c1-3-4-13(16)15(20)19-9-6-12(7-10-19)14-5-8-17-11(2)18-14/h5,8,12-13H,3-4,6-7,9-10,16H2,1-2H3/t13-/m0/s1. The van der Waals surface area contributed by atoms with Gasteiger partial charge in [0.05, 0.1) is 6.04 Å². The molecule has 5 heteroatoms. The zero-order valence-corrected chi connectivity index (χ0v) is 12.4. The van der Waals surface area contributed by atoms with Crippen molar-refractivity contribution in [3.63, 3.8) is 0 Å². The van der Waals surface area contributed by atoms with Crippen molar-refractivity contribution in [1.29, 1.82) is 0 Å². The van der Waals surface area contributed by atoms with Gasteiger partial charge in [0, 0.05) is 30.9 Å². The van der Waals surface area contributed by atoms with Gasteiger partial charge < -0.3 is 10.6 Å². The molecule has 1 fully saturated rings. The van der Waals surface area contributed by atoms with Crippen LogP contribution in [0.25, 0.3) is 0 Å². The fourth-order valence-corrected chi connectivity index (χ4v) is 2.77. The van der Waals surface area contributed by atoms with Gasteiger partial charge in [-0.15, -0.1) is 0 Å². The summed E-state index contributed by atoms with van der Waals surface area (Å²) < 4.78 is 0. The van der Waals surface area contributed by atoms with Gasteiger partial charge in [-0.05, 0) is 32.3 Å². The number of carbonyl (C=O) groups is 1. The summed E-state index contributed by atoms with van der Waals surface area (Å²) >= 11 is 0. The zero-order valence-electron chi connectivity index (χ0n) is 12.4. The molecule has 0 unspecified atom stereocenters. The van der Waals surface area contributed by atoms with Crippen LogP contribution in [0.2, 0.25) is 0 Å². The molecule has 1 aromatic rings. The average molecular weight is 276 g/mol. The number of amides is 1. The molecule has 20 heavy (non-hydrogen) atoms. The van der Waals surface area contributed by atoms with Crippen molar-refractivity contribution in [2.75, 3.05) is 13.1 Å². The summed E-state index contributed by atoms with van der Waals surface area (Å²) in [6.07, 6.45) is 5.45. The number of hydrogen-bond donors (Lipinski definition) is 1. The minimum Gasteiger partial charge on any atom is -0.341 e. The highest BCUT2D eigenvalue weighted by Gasteiger charge is 2.27. The minimum atomic E-state index is -0.335. The second kappa shape index (κ2) is 6.79. The van der Waals surface area contributed by atoms with E-state index in [-0.39, 0.29) is 11.9 Å². The summed E-state index contributed by atoms with van der Waals surface area (Å²) in [4.78, 5) is 22.7. The van der Waals surface area contributed by atoms with Gasteiger partial charge in [-0.2, -0.15) is 0 Å². The summed E-state index contributed by atoms with van der Waals surface area (Å²) in [7, 11) is 0. The number of likely N-dealkylation sites (tertiary alicyclic amines) is 1. The lowest BCUT2D eigenvalue weighted by Gasteiger charge is -2.33. The van der Waals surface area contributed by atoms with Crippen LogP contribution in [0.15, 0.2) is 12.3 Å². The Bertz CT molecular complexity index is 455. The molecule has 1 saturated heterocycles. The molecule has 2 N–H and O–H groups in total. The molecule has 1 aliphatic heterocycles. The maximum atomic E-state index is 12.2. The minimum absolute atomic E-state index is 0.101. The summed E-state index contributed by atoms with van der Waals surface area (Å²) in [6.45, 7) is 5.52. The highest BCUT2D eigenvalue weighted by molar-refractivity contribution is 5.81. The first-order valence-electron chi connectivity index (χ1n) is 7.45. The van der Waals surface area contributed by atoms with Gasteiger partial charge in [0.2, 0.25) is 5.91 Å². The van der Waals surface area contributed by atoms with Crippen LogP contribution in [0.1, 0.15) is 50.0 Å². The third-order valence-electron chi connectivity index (χ3n) is 3.94. The van der Waals surface area contributed by atoms with Crippen molar-refractivity contribution in [2.24, 2.45) is 5.73 Å². The Morgan fingerprint density at radius 3 is 2.80 bits per heavy atom. The monoisotopic (exact) mass is 276 g/mol. The lowest BCUT2D eigenvalue weighted by atomic mass is 9.93. The molecule has 2 rings (SSSR count). The molecule has 0 radical (unpaired) electrons. The Labute approximate surface area is 120 Å². The number of rotatable bonds is 4. The molecule has 2 heterocycles. The van der Waals surface area contributed by atoms with Gasteiger partial charge in [0.1, 0.15) is 5.82 Å². The van der Waals surface area contributed by atoms with Crippen LogP contribution in [0.5, 0.6) is 0 Å². The largest absolute Gasteiger partial charge is 0.341 e. The lowest BCUT2D eigenvalue weighted by Crippen LogP contribution is -2.46. The Hall–Kier alpha value is -1.49. The van der Waals surface area contributed by atoms with Crippen molar-refractivity contribution in [3.05, 3.63) is 23.8 Å². The van der Waals surface area contributed by atoms with Crippen molar-refractivity contribution >= 4 is 5.91 Å². The van der Waals surface area contributed by atoms with Gasteiger partial charge in [-0.1, -0.05) is 13.3 Å². The summed E-state index contributed by atoms with van der Waals surface area (Å²) in [5, 5.41) is 0. The molecular weight excluding hydrogens is 252 g/mol. The van der Waals surface area contributed by atoms with Gasteiger partial charge in [-0.25, -0.2) is 9.97 Å². The van der Waals surface area contributed by atoms with Crippen LogP contribution in [-0.4, -0.2) is 39.9 Å². The van der Waals surface area contributed by atoms with Crippen LogP contribution in [0, 0.1) is 6.92 Å². The fraction of sp³-hybridized carbons (Fsp3) is 0.667. The van der Waals surface area contributed by atoms with E-state index < -0.39 is 0 Å². The summed E-state index contributed by atoms with van der Waals surface area (Å²) in [6, 6.07) is 1.65. The van der Waals surface area contributed by atoms with E-state index in [9.17, 15) is 4.79 Å². The molecule has 0 spiro atoms. The molecular formula is C15H24N4O. The molecule has 0 aliphatic carbocycles. The number of nitrogens with two attached hydrogens (primary N) is 1. The van der Waals surface area contributed by atoms with Gasteiger partial charge in [0.25, 0.3) is 0 Å². The number of aromatic nitrogens is 2. The van der Waals surface area contributed by atoms with Crippen molar-refractivity contribution < 1.29 is 4.79 Å². The van der Waals surface area contributed by atoms with E-state index in [1.54, 1.807) is 0 Å². The lowest BCUT2D eigenvalue weighted by molar-refractivity contribution is -0.133. The number of carbonyl (C=O) groups excluding carboxylic acids is 1. The van der Waals surface area contributed by atoms with Crippen molar-refractivity contribution in [3.8, 4) is 0 Å². The average Bonchev–Trinajstić information content (AvgIpc) is 2.47. The molecule has 0 bridgehead atoms. The van der Waals surface area contributed by atoms with E-state index in [0.29, 0.717) is 5.92 Å². The molecule has 0 saturated carbocycles. The van der Waals surface area contributed by atoms with E-state index >= 15 is 0 Å². The number of hydrogen-bond acceptors (Lipinski definition) is 4. The Balaban J connectivity index is 1.91. The predicted molar refractivity (Wildman–Crippen MR) is 78.2 cm³/mol. The predicted octanol–water partition coefficient (Wildman–Crippen LogP) is 1.62. The number of aryl methyl sites for hydroxylation is 1. The van der Waals surface area contributed by atoms with Crippen LogP contribution in [0.4, 0.5) is 0 Å². The highest BCUT2D eigenvalue weighted by Crippen LogP contribution is 2.26. The maximum Gasteiger partial charge on any atom is 0.239 e. The maximum absolute atomic E-state index is 12.2. The Morgan fingerprint density at radius 2 is 2.20 bits per heavy atom. The Morgan fingerprint density at radius 1 is 1.50 bits per heavy atom. The first-order valence-corrected chi connectivity index (χ1v) is 7.45. The van der Waals surface area contributed by atoms with E-state index in [2.05, 4.69) is 16.9 Å². The third kappa shape index (κ3) is 3.54. The molecule has 110 valence electrons. The van der Waals surface area contributed by atoms with Gasteiger partial charge in [0.15, 0.2) is 0 Å². The van der Waals surface area contributed by atoms with Crippen LogP contribution in [0.3, 0.4) is 0 Å². The van der Waals surface area contributed by atoms with E-state index in [1.165, 1.54) is 0 Å². The highest BCUT2D eigenvalue weighted by atomic mass is 16.2. The number of piperidine rings is 1. The quantitative estimate of drug-likeness (QED) is 0.907. The van der Waals surface area contributed by atoms with E-state index in [1.807, 2.05) is 24.1 Å². The van der Waals surface area contributed by atoms with Crippen LogP contribution in [-0.2, 0) is 4.79 Å². The molecule has 1 amide bonds. The molecule has 1 aromatic heterocycles. The summed E-state index contributed by atoms with van der Waals surface area (Å²) in [5.74, 6) is 1.35. The molecule has 1 aliphatic rings. The molecule has 0 aromatic carbocycles. The van der Waals surface area contributed by atoms with Gasteiger partial charge in [-0.3, -0.25) is 4.79 Å². The number of nitrogens with zero attached hydrogens (tertiary/aromatic N) is 3. The van der Waals surface area contributed by atoms with Gasteiger partial charge >= 0.3 is 0 Å². The second-order valence-electron chi connectivity index (χ2n) is 5.52. The normalized spacial score (nSPS) is 18.1. The third-order valence-corrected chi connectivity index (χ3v) is 3.94. The summed E-state index contributed by atoms with van der Waals surface area (Å²) in [5.41, 5.74) is 7.01. The first kappa shape index (κ1) is 14.9. The zero-order chi connectivity index (χ0) is 14.5. The van der Waals surface area contributed by atoms with Crippen molar-refractivity contribution in [2.45, 2.75) is 51.5 Å².